The first-order valence-corrected chi connectivity index (χ1v) is 7.51. The number of hydrogen-bond acceptors (Lipinski definition) is 4. The van der Waals surface area contributed by atoms with Crippen molar-refractivity contribution in [3.8, 4) is 5.75 Å². The van der Waals surface area contributed by atoms with E-state index in [2.05, 4.69) is 5.32 Å². The molecule has 1 amide bonds. The van der Waals surface area contributed by atoms with Gasteiger partial charge in [-0.1, -0.05) is 29.8 Å². The van der Waals surface area contributed by atoms with Gasteiger partial charge in [-0.3, -0.25) is 4.79 Å². The first kappa shape index (κ1) is 17.7. The molecule has 2 aromatic carbocycles. The van der Waals surface area contributed by atoms with Crippen molar-refractivity contribution < 1.29 is 23.5 Å². The van der Waals surface area contributed by atoms with Crippen molar-refractivity contribution in [2.45, 2.75) is 0 Å². The summed E-state index contributed by atoms with van der Waals surface area (Å²) >= 11 is 5.74. The van der Waals surface area contributed by atoms with E-state index in [0.717, 1.165) is 12.1 Å². The molecule has 2 rings (SSSR count). The molecule has 0 spiro atoms. The first-order valence-electron chi connectivity index (χ1n) is 7.13. The summed E-state index contributed by atoms with van der Waals surface area (Å²) < 4.78 is 23.1. The molecule has 0 aliphatic rings. The van der Waals surface area contributed by atoms with Crippen LogP contribution in [0.15, 0.2) is 48.5 Å². The van der Waals surface area contributed by atoms with Gasteiger partial charge in [-0.05, 0) is 30.3 Å². The van der Waals surface area contributed by atoms with E-state index in [1.807, 2.05) is 18.2 Å². The van der Waals surface area contributed by atoms with Crippen LogP contribution in [0.2, 0.25) is 5.02 Å². The molecule has 0 radical (unpaired) electrons. The van der Waals surface area contributed by atoms with Crippen molar-refractivity contribution in [3.63, 3.8) is 0 Å². The zero-order chi connectivity index (χ0) is 17.4. The molecule has 0 fully saturated rings. The van der Waals surface area contributed by atoms with E-state index in [-0.39, 0.29) is 23.7 Å². The second-order valence-electron chi connectivity index (χ2n) is 4.71. The summed E-state index contributed by atoms with van der Waals surface area (Å²) in [7, 11) is 0. The lowest BCUT2D eigenvalue weighted by molar-refractivity contribution is -0.124. The van der Waals surface area contributed by atoms with E-state index in [4.69, 9.17) is 21.1 Å². The molecule has 0 saturated heterocycles. The summed E-state index contributed by atoms with van der Waals surface area (Å²) in [5.41, 5.74) is -0.00159. The summed E-state index contributed by atoms with van der Waals surface area (Å²) in [6, 6.07) is 12.4. The van der Waals surface area contributed by atoms with Gasteiger partial charge in [0.1, 0.15) is 18.2 Å². The van der Waals surface area contributed by atoms with Crippen molar-refractivity contribution in [1.82, 2.24) is 5.32 Å². The van der Waals surface area contributed by atoms with Crippen molar-refractivity contribution in [2.24, 2.45) is 0 Å². The fourth-order valence-electron chi connectivity index (χ4n) is 1.79. The highest BCUT2D eigenvalue weighted by molar-refractivity contribution is 6.33. The minimum Gasteiger partial charge on any atom is -0.492 e. The Bertz CT molecular complexity index is 709. The van der Waals surface area contributed by atoms with Crippen molar-refractivity contribution in [1.29, 1.82) is 0 Å². The van der Waals surface area contributed by atoms with Crippen LogP contribution in [0, 0.1) is 5.82 Å². The first-order chi connectivity index (χ1) is 11.6. The molecule has 0 saturated carbocycles. The van der Waals surface area contributed by atoms with Gasteiger partial charge < -0.3 is 14.8 Å². The Morgan fingerprint density at radius 2 is 1.88 bits per heavy atom. The number of nitrogens with one attached hydrogen (secondary N) is 1. The Hall–Kier alpha value is -2.60. The second-order valence-corrected chi connectivity index (χ2v) is 5.12. The van der Waals surface area contributed by atoms with Crippen LogP contribution in [0.25, 0.3) is 0 Å². The highest BCUT2D eigenvalue weighted by Gasteiger charge is 2.14. The minimum atomic E-state index is -0.796. The smallest absolute Gasteiger partial charge is 0.340 e. The van der Waals surface area contributed by atoms with Crippen LogP contribution in [0.4, 0.5) is 4.39 Å². The highest BCUT2D eigenvalue weighted by atomic mass is 35.5. The van der Waals surface area contributed by atoms with Gasteiger partial charge in [0, 0.05) is 0 Å². The number of esters is 1. The highest BCUT2D eigenvalue weighted by Crippen LogP contribution is 2.18. The number of ether oxygens (including phenoxy) is 2. The Labute approximate surface area is 143 Å². The summed E-state index contributed by atoms with van der Waals surface area (Å²) in [6.07, 6.45) is 0. The number of rotatable bonds is 7. The summed E-state index contributed by atoms with van der Waals surface area (Å²) in [4.78, 5) is 23.4. The third-order valence-corrected chi connectivity index (χ3v) is 3.23. The third-order valence-electron chi connectivity index (χ3n) is 2.92. The Morgan fingerprint density at radius 3 is 2.58 bits per heavy atom. The SMILES string of the molecule is O=C(COC(=O)c1ccc(F)cc1Cl)NCCOc1ccccc1. The van der Waals surface area contributed by atoms with Crippen LogP contribution in [-0.2, 0) is 9.53 Å². The molecular formula is C17H15ClFNO4. The molecule has 0 aliphatic carbocycles. The molecule has 0 aliphatic heterocycles. The minimum absolute atomic E-state index is 0.00159. The average molecular weight is 352 g/mol. The van der Waals surface area contributed by atoms with E-state index in [9.17, 15) is 14.0 Å². The molecule has 2 aromatic rings. The molecule has 126 valence electrons. The van der Waals surface area contributed by atoms with Crippen LogP contribution in [0.5, 0.6) is 5.75 Å². The number of para-hydroxylation sites is 1. The van der Waals surface area contributed by atoms with Gasteiger partial charge in [0.05, 0.1) is 17.1 Å². The van der Waals surface area contributed by atoms with Crippen molar-refractivity contribution in [2.75, 3.05) is 19.8 Å². The number of carbonyl (C=O) groups is 2. The zero-order valence-electron chi connectivity index (χ0n) is 12.6. The predicted molar refractivity (Wildman–Crippen MR) is 86.6 cm³/mol. The summed E-state index contributed by atoms with van der Waals surface area (Å²) in [5, 5.41) is 2.48. The Morgan fingerprint density at radius 1 is 1.12 bits per heavy atom. The molecular weight excluding hydrogens is 337 g/mol. The van der Waals surface area contributed by atoms with Crippen molar-refractivity contribution in [3.05, 3.63) is 64.9 Å². The fraction of sp³-hybridized carbons (Fsp3) is 0.176. The monoisotopic (exact) mass is 351 g/mol. The number of benzene rings is 2. The number of amides is 1. The van der Waals surface area contributed by atoms with Crippen molar-refractivity contribution >= 4 is 23.5 Å². The molecule has 7 heteroatoms. The molecule has 24 heavy (non-hydrogen) atoms. The lowest BCUT2D eigenvalue weighted by Crippen LogP contribution is -2.32. The fourth-order valence-corrected chi connectivity index (χ4v) is 2.04. The van der Waals surface area contributed by atoms with E-state index < -0.39 is 24.3 Å². The molecule has 0 unspecified atom stereocenters. The van der Waals surface area contributed by atoms with E-state index in [1.165, 1.54) is 6.07 Å². The normalized spacial score (nSPS) is 10.1. The van der Waals surface area contributed by atoms with Crippen LogP contribution < -0.4 is 10.1 Å². The van der Waals surface area contributed by atoms with Crippen LogP contribution in [-0.4, -0.2) is 31.6 Å². The molecule has 0 aromatic heterocycles. The van der Waals surface area contributed by atoms with Crippen LogP contribution in [0.1, 0.15) is 10.4 Å². The molecule has 0 heterocycles. The van der Waals surface area contributed by atoms with E-state index in [0.29, 0.717) is 5.75 Å². The number of hydrogen-bond donors (Lipinski definition) is 1. The predicted octanol–water partition coefficient (Wildman–Crippen LogP) is 2.83. The lowest BCUT2D eigenvalue weighted by Gasteiger charge is -2.08. The maximum atomic E-state index is 12.9. The van der Waals surface area contributed by atoms with Crippen LogP contribution in [0.3, 0.4) is 0 Å². The van der Waals surface area contributed by atoms with Gasteiger partial charge in [0.15, 0.2) is 6.61 Å². The van der Waals surface area contributed by atoms with Gasteiger partial charge in [-0.15, -0.1) is 0 Å². The van der Waals surface area contributed by atoms with E-state index >= 15 is 0 Å². The summed E-state index contributed by atoms with van der Waals surface area (Å²) in [6.45, 7) is 0.0912. The average Bonchev–Trinajstić information content (AvgIpc) is 2.57. The molecule has 0 bridgehead atoms. The largest absolute Gasteiger partial charge is 0.492 e. The van der Waals surface area contributed by atoms with E-state index in [1.54, 1.807) is 12.1 Å². The third kappa shape index (κ3) is 5.55. The number of carbonyl (C=O) groups excluding carboxylic acids is 2. The maximum Gasteiger partial charge on any atom is 0.340 e. The van der Waals surface area contributed by atoms with Gasteiger partial charge in [-0.2, -0.15) is 0 Å². The molecule has 1 N–H and O–H groups in total. The standard InChI is InChI=1S/C17H15ClFNO4/c18-15-10-12(19)6-7-14(15)17(22)24-11-16(21)20-8-9-23-13-4-2-1-3-5-13/h1-7,10H,8-9,11H2,(H,20,21). The van der Waals surface area contributed by atoms with Gasteiger partial charge in [-0.25, -0.2) is 9.18 Å². The van der Waals surface area contributed by atoms with Crippen LogP contribution >= 0.6 is 11.6 Å². The summed E-state index contributed by atoms with van der Waals surface area (Å²) in [5.74, 6) is -1.13. The van der Waals surface area contributed by atoms with Gasteiger partial charge >= 0.3 is 5.97 Å². The molecule has 5 nitrogen and oxygen atoms in total. The second kappa shape index (κ2) is 8.88. The van der Waals surface area contributed by atoms with Gasteiger partial charge in [0.2, 0.25) is 0 Å². The quantitative estimate of drug-likeness (QED) is 0.615. The lowest BCUT2D eigenvalue weighted by atomic mass is 10.2. The maximum absolute atomic E-state index is 12.9. The number of halogens is 2. The topological polar surface area (TPSA) is 64.6 Å². The Kier molecular flexibility index (Phi) is 6.57. The Balaban J connectivity index is 1.68. The zero-order valence-corrected chi connectivity index (χ0v) is 13.4. The van der Waals surface area contributed by atoms with Gasteiger partial charge in [0.25, 0.3) is 5.91 Å². The molecule has 0 atom stereocenters.